The molecular weight excluding hydrogens is 442 g/mol. The molecule has 1 heterocycles. The van der Waals surface area contributed by atoms with Crippen molar-refractivity contribution in [2.45, 2.75) is 66.0 Å². The molecule has 1 aliphatic rings. The number of esters is 1. The number of anilines is 1. The highest BCUT2D eigenvalue weighted by molar-refractivity contribution is 6.04. The van der Waals surface area contributed by atoms with E-state index in [1.54, 1.807) is 39.0 Å². The summed E-state index contributed by atoms with van der Waals surface area (Å²) < 4.78 is 5.48. The summed E-state index contributed by atoms with van der Waals surface area (Å²) in [4.78, 5) is 40.1. The molecule has 186 valence electrons. The van der Waals surface area contributed by atoms with Crippen LogP contribution in [0.15, 0.2) is 59.8 Å². The van der Waals surface area contributed by atoms with E-state index in [4.69, 9.17) is 4.74 Å². The minimum absolute atomic E-state index is 0.00119. The molecule has 1 aliphatic heterocycles. The Kier molecular flexibility index (Phi) is 7.68. The average Bonchev–Trinajstić information content (AvgIpc) is 2.78. The van der Waals surface area contributed by atoms with Gasteiger partial charge in [-0.2, -0.15) is 0 Å². The second kappa shape index (κ2) is 10.3. The first-order valence-corrected chi connectivity index (χ1v) is 11.9. The predicted molar refractivity (Wildman–Crippen MR) is 137 cm³/mol. The second-order valence-electron chi connectivity index (χ2n) is 9.99. The molecule has 1 atom stereocenters. The molecule has 0 fully saturated rings. The zero-order valence-corrected chi connectivity index (χ0v) is 21.6. The molecule has 2 aromatic rings. The fourth-order valence-electron chi connectivity index (χ4n) is 4.07. The Bertz CT molecular complexity index is 1140. The molecule has 0 saturated carbocycles. The van der Waals surface area contributed by atoms with E-state index in [-0.39, 0.29) is 23.5 Å². The number of carbonyl (C=O) groups is 3. The summed E-state index contributed by atoms with van der Waals surface area (Å²) in [5.74, 6) is -0.715. The third kappa shape index (κ3) is 5.91. The molecule has 0 bridgehead atoms. The van der Waals surface area contributed by atoms with Crippen LogP contribution in [0.1, 0.15) is 76.0 Å². The van der Waals surface area contributed by atoms with Gasteiger partial charge in [0.2, 0.25) is 0 Å². The monoisotopic (exact) mass is 477 g/mol. The standard InChI is InChI=1S/C28H35N3O4/c1-8-31-18(4)23(26(33)35-17(2)3)24(30-27(31)34)20-10-9-11-22(16-20)29-25(32)19-12-14-21(15-13-19)28(5,6)7/h9-17,24H,8H2,1-7H3,(H,29,32)(H,30,34)/t24-/m0/s1. The van der Waals surface area contributed by atoms with E-state index in [0.717, 1.165) is 5.56 Å². The Labute approximate surface area is 207 Å². The van der Waals surface area contributed by atoms with Crippen LogP contribution < -0.4 is 10.6 Å². The van der Waals surface area contributed by atoms with Gasteiger partial charge in [0.1, 0.15) is 0 Å². The zero-order valence-electron chi connectivity index (χ0n) is 21.6. The van der Waals surface area contributed by atoms with Crippen molar-refractivity contribution in [3.05, 3.63) is 76.5 Å². The van der Waals surface area contributed by atoms with E-state index >= 15 is 0 Å². The summed E-state index contributed by atoms with van der Waals surface area (Å²) in [7, 11) is 0. The third-order valence-electron chi connectivity index (χ3n) is 5.97. The van der Waals surface area contributed by atoms with E-state index in [9.17, 15) is 14.4 Å². The summed E-state index contributed by atoms with van der Waals surface area (Å²) in [6.07, 6.45) is -0.300. The highest BCUT2D eigenvalue weighted by Crippen LogP contribution is 2.32. The highest BCUT2D eigenvalue weighted by Gasteiger charge is 2.36. The summed E-state index contributed by atoms with van der Waals surface area (Å²) in [5, 5.41) is 5.84. The van der Waals surface area contributed by atoms with Crippen molar-refractivity contribution in [2.75, 3.05) is 11.9 Å². The van der Waals surface area contributed by atoms with Crippen molar-refractivity contribution in [2.24, 2.45) is 0 Å². The van der Waals surface area contributed by atoms with Crippen molar-refractivity contribution < 1.29 is 19.1 Å². The highest BCUT2D eigenvalue weighted by atomic mass is 16.5. The SMILES string of the molecule is CCN1C(=O)N[C@@H](c2cccc(NC(=O)c3ccc(C(C)(C)C)cc3)c2)C(C(=O)OC(C)C)=C1C. The van der Waals surface area contributed by atoms with Crippen molar-refractivity contribution in [1.29, 1.82) is 0 Å². The summed E-state index contributed by atoms with van der Waals surface area (Å²) in [5.41, 5.74) is 3.86. The van der Waals surface area contributed by atoms with Crippen LogP contribution in [0, 0.1) is 0 Å². The summed E-state index contributed by atoms with van der Waals surface area (Å²) in [6, 6.07) is 13.7. The molecule has 0 unspecified atom stereocenters. The first kappa shape index (κ1) is 26.0. The van der Waals surface area contributed by atoms with Gasteiger partial charge in [-0.25, -0.2) is 9.59 Å². The number of hydrogen-bond donors (Lipinski definition) is 2. The molecule has 0 radical (unpaired) electrons. The molecule has 3 rings (SSSR count). The topological polar surface area (TPSA) is 87.7 Å². The van der Waals surface area contributed by atoms with Gasteiger partial charge in [0.05, 0.1) is 17.7 Å². The van der Waals surface area contributed by atoms with Crippen molar-refractivity contribution in [3.63, 3.8) is 0 Å². The van der Waals surface area contributed by atoms with Crippen LogP contribution in [0.25, 0.3) is 0 Å². The van der Waals surface area contributed by atoms with E-state index in [0.29, 0.717) is 34.6 Å². The Balaban J connectivity index is 1.90. The van der Waals surface area contributed by atoms with Gasteiger partial charge in [-0.1, -0.05) is 45.0 Å². The molecule has 0 aromatic heterocycles. The van der Waals surface area contributed by atoms with Gasteiger partial charge >= 0.3 is 12.0 Å². The number of amides is 3. The molecule has 7 heteroatoms. The normalized spacial score (nSPS) is 16.3. The number of urea groups is 1. The maximum absolute atomic E-state index is 13.0. The van der Waals surface area contributed by atoms with Crippen LogP contribution >= 0.6 is 0 Å². The maximum Gasteiger partial charge on any atom is 0.338 e. The minimum atomic E-state index is -0.695. The lowest BCUT2D eigenvalue weighted by atomic mass is 9.86. The van der Waals surface area contributed by atoms with Crippen LogP contribution in [0.3, 0.4) is 0 Å². The van der Waals surface area contributed by atoms with Crippen LogP contribution in [-0.4, -0.2) is 35.5 Å². The number of nitrogens with zero attached hydrogens (tertiary/aromatic N) is 1. The number of nitrogens with one attached hydrogen (secondary N) is 2. The lowest BCUT2D eigenvalue weighted by Gasteiger charge is -2.35. The Morgan fingerprint density at radius 2 is 1.77 bits per heavy atom. The largest absolute Gasteiger partial charge is 0.459 e. The molecule has 0 spiro atoms. The first-order chi connectivity index (χ1) is 16.4. The Hall–Kier alpha value is -3.61. The van der Waals surface area contributed by atoms with E-state index < -0.39 is 12.0 Å². The molecule has 7 nitrogen and oxygen atoms in total. The van der Waals surface area contributed by atoms with Crippen molar-refractivity contribution in [3.8, 4) is 0 Å². The van der Waals surface area contributed by atoms with Gasteiger partial charge in [0.25, 0.3) is 5.91 Å². The molecule has 0 saturated heterocycles. The fraction of sp³-hybridized carbons (Fsp3) is 0.393. The first-order valence-electron chi connectivity index (χ1n) is 11.9. The second-order valence-corrected chi connectivity index (χ2v) is 9.99. The lowest BCUT2D eigenvalue weighted by Crippen LogP contribution is -2.48. The molecule has 2 N–H and O–H groups in total. The number of benzene rings is 2. The zero-order chi connectivity index (χ0) is 25.9. The minimum Gasteiger partial charge on any atom is -0.459 e. The van der Waals surface area contributed by atoms with Gasteiger partial charge < -0.3 is 15.4 Å². The van der Waals surface area contributed by atoms with Gasteiger partial charge in [-0.05, 0) is 68.5 Å². The number of rotatable bonds is 6. The average molecular weight is 478 g/mol. The summed E-state index contributed by atoms with van der Waals surface area (Å²) >= 11 is 0. The van der Waals surface area contributed by atoms with E-state index in [2.05, 4.69) is 31.4 Å². The van der Waals surface area contributed by atoms with Crippen LogP contribution in [0.5, 0.6) is 0 Å². The number of ether oxygens (including phenoxy) is 1. The molecule has 2 aromatic carbocycles. The van der Waals surface area contributed by atoms with Gasteiger partial charge in [-0.15, -0.1) is 0 Å². The molecule has 0 aliphatic carbocycles. The molecule has 35 heavy (non-hydrogen) atoms. The van der Waals surface area contributed by atoms with Crippen LogP contribution in [0.2, 0.25) is 0 Å². The van der Waals surface area contributed by atoms with Gasteiger partial charge in [0.15, 0.2) is 0 Å². The smallest absolute Gasteiger partial charge is 0.338 e. The number of hydrogen-bond acceptors (Lipinski definition) is 4. The lowest BCUT2D eigenvalue weighted by molar-refractivity contribution is -0.143. The quantitative estimate of drug-likeness (QED) is 0.534. The number of carbonyl (C=O) groups excluding carboxylic acids is 3. The molecular formula is C28H35N3O4. The fourth-order valence-corrected chi connectivity index (χ4v) is 4.07. The predicted octanol–water partition coefficient (Wildman–Crippen LogP) is 5.55. The van der Waals surface area contributed by atoms with Gasteiger partial charge in [-0.3, -0.25) is 9.69 Å². The Morgan fingerprint density at radius 3 is 2.34 bits per heavy atom. The van der Waals surface area contributed by atoms with Gasteiger partial charge in [0, 0.05) is 23.5 Å². The maximum atomic E-state index is 13.0. The van der Waals surface area contributed by atoms with E-state index in [1.807, 2.05) is 37.3 Å². The number of allylic oxidation sites excluding steroid dienone is 1. The van der Waals surface area contributed by atoms with Crippen molar-refractivity contribution in [1.82, 2.24) is 10.2 Å². The third-order valence-corrected chi connectivity index (χ3v) is 5.97. The molecule has 3 amide bonds. The summed E-state index contributed by atoms with van der Waals surface area (Å²) in [6.45, 7) is 14.0. The van der Waals surface area contributed by atoms with E-state index in [1.165, 1.54) is 4.90 Å². The van der Waals surface area contributed by atoms with Crippen LogP contribution in [0.4, 0.5) is 10.5 Å². The van der Waals surface area contributed by atoms with Crippen LogP contribution in [-0.2, 0) is 14.9 Å². The van der Waals surface area contributed by atoms with Crippen molar-refractivity contribution >= 4 is 23.6 Å². The Morgan fingerprint density at radius 1 is 1.11 bits per heavy atom.